The Morgan fingerprint density at radius 1 is 1.04 bits per heavy atom. The van der Waals surface area contributed by atoms with Crippen LogP contribution in [0.4, 0.5) is 14.6 Å². The molecular weight excluding hydrogens is 721 g/mol. The van der Waals surface area contributed by atoms with Gasteiger partial charge in [0.2, 0.25) is 5.91 Å². The van der Waals surface area contributed by atoms with Crippen molar-refractivity contribution in [2.24, 2.45) is 5.41 Å². The van der Waals surface area contributed by atoms with E-state index in [0.717, 1.165) is 25.7 Å². The molecule has 4 heterocycles. The number of halogens is 2. The van der Waals surface area contributed by atoms with E-state index in [-0.39, 0.29) is 59.7 Å². The maximum absolute atomic E-state index is 17.4. The van der Waals surface area contributed by atoms with Gasteiger partial charge in [0.25, 0.3) is 0 Å². The lowest BCUT2D eigenvalue weighted by Gasteiger charge is -2.49. The molecule has 13 heteroatoms. The Kier molecular flexibility index (Phi) is 10.6. The van der Waals surface area contributed by atoms with E-state index < -0.39 is 19.7 Å². The summed E-state index contributed by atoms with van der Waals surface area (Å²) in [6.45, 7) is 14.4. The van der Waals surface area contributed by atoms with E-state index in [9.17, 15) is 9.90 Å². The van der Waals surface area contributed by atoms with Crippen LogP contribution in [0.5, 0.6) is 11.8 Å². The molecule has 1 spiro atoms. The van der Waals surface area contributed by atoms with Gasteiger partial charge in [-0.15, -0.1) is 5.54 Å². The van der Waals surface area contributed by atoms with E-state index in [1.807, 2.05) is 4.90 Å². The van der Waals surface area contributed by atoms with Gasteiger partial charge >= 0.3 is 6.01 Å². The zero-order chi connectivity index (χ0) is 39.3. The first-order valence-corrected chi connectivity index (χ1v) is 21.6. The number of hydrogen-bond donors (Lipinski definition) is 2. The number of fused-ring (bicyclic) bond motifs is 2. The van der Waals surface area contributed by atoms with Crippen molar-refractivity contribution in [1.82, 2.24) is 20.3 Å². The van der Waals surface area contributed by atoms with Gasteiger partial charge in [-0.3, -0.25) is 9.78 Å². The molecule has 2 aromatic carbocycles. The highest BCUT2D eigenvalue weighted by Crippen LogP contribution is 2.46. The number of pyridine rings is 1. The molecule has 1 atom stereocenters. The second kappa shape index (κ2) is 14.9. The van der Waals surface area contributed by atoms with Crippen molar-refractivity contribution in [2.75, 3.05) is 45.1 Å². The molecule has 2 saturated heterocycles. The molecule has 2 N–H and O–H groups in total. The Morgan fingerprint density at radius 2 is 1.76 bits per heavy atom. The van der Waals surface area contributed by atoms with E-state index >= 15 is 8.78 Å². The fraction of sp³-hybridized carbons (Fsp3) is 0.524. The van der Waals surface area contributed by atoms with Crippen LogP contribution in [0.25, 0.3) is 32.9 Å². The minimum absolute atomic E-state index is 0.00425. The van der Waals surface area contributed by atoms with Crippen molar-refractivity contribution in [3.05, 3.63) is 47.7 Å². The van der Waals surface area contributed by atoms with E-state index in [2.05, 4.69) is 63.3 Å². The monoisotopic (exact) mass is 771 g/mol. The van der Waals surface area contributed by atoms with Crippen molar-refractivity contribution < 1.29 is 32.9 Å². The largest absolute Gasteiger partial charge is 0.468 e. The van der Waals surface area contributed by atoms with Gasteiger partial charge in [-0.1, -0.05) is 53.5 Å². The highest BCUT2D eigenvalue weighted by Gasteiger charge is 2.47. The van der Waals surface area contributed by atoms with Crippen LogP contribution >= 0.6 is 0 Å². The van der Waals surface area contributed by atoms with Crippen LogP contribution < -0.4 is 19.7 Å². The molecule has 1 amide bonds. The summed E-state index contributed by atoms with van der Waals surface area (Å²) in [5.41, 5.74) is 4.28. The lowest BCUT2D eigenvalue weighted by molar-refractivity contribution is -0.133. The Labute approximate surface area is 322 Å². The number of carbonyl (C=O) groups excluding carboxylic acids is 1. The predicted octanol–water partition coefficient (Wildman–Crippen LogP) is 7.69. The summed E-state index contributed by atoms with van der Waals surface area (Å²) >= 11 is 0. The highest BCUT2D eigenvalue weighted by atomic mass is 28.3. The number of amides is 1. The molecule has 2 aromatic heterocycles. The number of nitrogens with one attached hydrogen (secondary N) is 1. The Morgan fingerprint density at radius 3 is 2.40 bits per heavy atom. The molecule has 55 heavy (non-hydrogen) atoms. The zero-order valence-electron chi connectivity index (χ0n) is 32.8. The second-order valence-electron chi connectivity index (χ2n) is 16.7. The number of aromatic nitrogens is 3. The van der Waals surface area contributed by atoms with Gasteiger partial charge in [-0.2, -0.15) is 9.97 Å². The van der Waals surface area contributed by atoms with Crippen molar-refractivity contribution in [3.63, 3.8) is 0 Å². The average Bonchev–Trinajstić information content (AvgIpc) is 3.93. The van der Waals surface area contributed by atoms with Gasteiger partial charge in [-0.05, 0) is 65.9 Å². The first-order chi connectivity index (χ1) is 26.2. The molecule has 3 aliphatic rings. The number of aliphatic hydroxyl groups is 1. The molecule has 10 nitrogen and oxygen atoms in total. The van der Waals surface area contributed by atoms with Crippen molar-refractivity contribution >= 4 is 41.5 Å². The standard InChI is InChI=1S/C42H51F2N5O5Si/c1-25(2)55(26(3)4,27(5)6)16-11-30-33(43)10-9-28-17-29(54-24-52-7)18-31(35(28)30)37-36(44)38-32(20-45-37)39(47-40(46-38)53-23-41(22-50)13-14-41)49-15-8-12-42(21-49)19-34(51)48-42/h9-10,17-18,20,25-27,50H,8,12-15,19,21-24H2,1-7H3,(H,48,51). The number of carbonyl (C=O) groups is 1. The van der Waals surface area contributed by atoms with E-state index in [1.54, 1.807) is 24.4 Å². The quantitative estimate of drug-likeness (QED) is 0.0647. The predicted molar refractivity (Wildman–Crippen MR) is 212 cm³/mol. The lowest BCUT2D eigenvalue weighted by Crippen LogP contribution is -2.68. The molecule has 2 aliphatic heterocycles. The maximum atomic E-state index is 17.4. The molecule has 1 aliphatic carbocycles. The van der Waals surface area contributed by atoms with Crippen LogP contribution in [0.2, 0.25) is 16.6 Å². The molecule has 4 aromatic rings. The number of rotatable bonds is 12. The third-order valence-electron chi connectivity index (χ3n) is 12.1. The minimum atomic E-state index is -2.29. The van der Waals surface area contributed by atoms with E-state index in [0.29, 0.717) is 69.4 Å². The molecule has 0 radical (unpaired) electrons. The summed E-state index contributed by atoms with van der Waals surface area (Å²) in [5, 5.41) is 14.4. The van der Waals surface area contributed by atoms with Gasteiger partial charge < -0.3 is 29.5 Å². The molecular formula is C42H51F2N5O5Si. The van der Waals surface area contributed by atoms with Crippen molar-refractivity contribution in [3.8, 4) is 34.5 Å². The number of nitrogens with zero attached hydrogens (tertiary/aromatic N) is 4. The Balaban J connectivity index is 1.44. The first-order valence-electron chi connectivity index (χ1n) is 19.3. The number of ether oxygens (including phenoxy) is 3. The zero-order valence-corrected chi connectivity index (χ0v) is 33.8. The summed E-state index contributed by atoms with van der Waals surface area (Å²) in [6, 6.07) is 6.43. The number of methoxy groups -OCH3 is 1. The molecule has 3 fully saturated rings. The number of anilines is 1. The number of β-lactam (4-membered cyclic amide) rings is 1. The van der Waals surface area contributed by atoms with Crippen LogP contribution in [0.3, 0.4) is 0 Å². The summed E-state index contributed by atoms with van der Waals surface area (Å²) in [7, 11) is -0.779. The summed E-state index contributed by atoms with van der Waals surface area (Å²) in [4.78, 5) is 28.2. The van der Waals surface area contributed by atoms with Crippen LogP contribution in [-0.4, -0.2) is 79.8 Å². The number of benzene rings is 2. The fourth-order valence-corrected chi connectivity index (χ4v) is 14.1. The van der Waals surface area contributed by atoms with Crippen LogP contribution in [-0.2, 0) is 9.53 Å². The number of aliphatic hydroxyl groups excluding tert-OH is 1. The molecule has 7 rings (SSSR count). The molecule has 292 valence electrons. The summed E-state index contributed by atoms with van der Waals surface area (Å²) in [6.07, 6.45) is 5.23. The maximum Gasteiger partial charge on any atom is 0.319 e. The van der Waals surface area contributed by atoms with Crippen molar-refractivity contribution in [1.29, 1.82) is 0 Å². The lowest BCUT2D eigenvalue weighted by atomic mass is 9.80. The fourth-order valence-electron chi connectivity index (χ4n) is 8.94. The molecule has 1 saturated carbocycles. The SMILES string of the molecule is COCOc1cc(-c2ncc3c(N4CCCC5(CC(=O)N5)C4)nc(OCC4(CO)CC4)nc3c2F)c2c(C#C[Si](C(C)C)(C(C)C)C(C)C)c(F)ccc2c1. The van der Waals surface area contributed by atoms with E-state index in [4.69, 9.17) is 24.2 Å². The molecule has 1 unspecified atom stereocenters. The minimum Gasteiger partial charge on any atom is -0.468 e. The van der Waals surface area contributed by atoms with Crippen LogP contribution in [0.15, 0.2) is 30.5 Å². The van der Waals surface area contributed by atoms with Gasteiger partial charge in [0.1, 0.15) is 36.7 Å². The van der Waals surface area contributed by atoms with Crippen LogP contribution in [0, 0.1) is 28.5 Å². The summed E-state index contributed by atoms with van der Waals surface area (Å²) < 4.78 is 50.8. The second-order valence-corrected chi connectivity index (χ2v) is 22.3. The topological polar surface area (TPSA) is 119 Å². The third kappa shape index (κ3) is 7.13. The molecule has 0 bridgehead atoms. The highest BCUT2D eigenvalue weighted by molar-refractivity contribution is 6.90. The Bertz CT molecular complexity index is 2170. The number of piperidine rings is 1. The van der Waals surface area contributed by atoms with Gasteiger partial charge in [-0.25, -0.2) is 8.78 Å². The smallest absolute Gasteiger partial charge is 0.319 e. The first kappa shape index (κ1) is 38.9. The Hall–Kier alpha value is -4.38. The van der Waals surface area contributed by atoms with Gasteiger partial charge in [0.15, 0.2) is 12.6 Å². The number of hydrogen-bond acceptors (Lipinski definition) is 9. The van der Waals surface area contributed by atoms with Gasteiger partial charge in [0, 0.05) is 42.8 Å². The van der Waals surface area contributed by atoms with Crippen molar-refractivity contribution in [2.45, 2.75) is 95.8 Å². The average molecular weight is 772 g/mol. The van der Waals surface area contributed by atoms with Gasteiger partial charge in [0.05, 0.1) is 36.1 Å². The normalized spacial score (nSPS) is 19.2. The third-order valence-corrected chi connectivity index (χ3v) is 18.4. The summed E-state index contributed by atoms with van der Waals surface area (Å²) in [5.74, 6) is 2.91. The van der Waals surface area contributed by atoms with E-state index in [1.165, 1.54) is 13.2 Å². The van der Waals surface area contributed by atoms with Crippen LogP contribution in [0.1, 0.15) is 79.2 Å².